The van der Waals surface area contributed by atoms with Crippen LogP contribution in [0.15, 0.2) is 22.1 Å². The highest BCUT2D eigenvalue weighted by Crippen LogP contribution is 2.28. The third-order valence-corrected chi connectivity index (χ3v) is 2.87. The van der Waals surface area contributed by atoms with Crippen LogP contribution in [0.5, 0.6) is 0 Å². The third-order valence-electron chi connectivity index (χ3n) is 2.87. The summed E-state index contributed by atoms with van der Waals surface area (Å²) in [4.78, 5) is 19.3. The molecule has 3 N–H and O–H groups in total. The lowest BCUT2D eigenvalue weighted by atomic mass is 10.1. The Kier molecular flexibility index (Phi) is 4.05. The zero-order valence-electron chi connectivity index (χ0n) is 10.2. The average Bonchev–Trinajstić information content (AvgIpc) is 2.67. The highest BCUT2D eigenvalue weighted by molar-refractivity contribution is 5.58. The number of aliphatic imine (C=N–C) groups is 1. The van der Waals surface area contributed by atoms with Crippen molar-refractivity contribution in [1.29, 1.82) is 0 Å². The summed E-state index contributed by atoms with van der Waals surface area (Å²) < 4.78 is 6.29. The van der Waals surface area contributed by atoms with E-state index in [-0.39, 0.29) is 5.82 Å². The smallest absolute Gasteiger partial charge is 0.351 e. The molecule has 0 spiro atoms. The van der Waals surface area contributed by atoms with Crippen molar-refractivity contribution < 1.29 is 20.1 Å². The van der Waals surface area contributed by atoms with E-state index in [0.717, 1.165) is 4.57 Å². The van der Waals surface area contributed by atoms with Crippen molar-refractivity contribution in [3.63, 3.8) is 0 Å². The van der Waals surface area contributed by atoms with E-state index in [9.17, 15) is 15.0 Å². The summed E-state index contributed by atoms with van der Waals surface area (Å²) in [7, 11) is 0. The van der Waals surface area contributed by atoms with Gasteiger partial charge in [0.1, 0.15) is 18.3 Å². The van der Waals surface area contributed by atoms with Crippen molar-refractivity contribution >= 4 is 12.0 Å². The van der Waals surface area contributed by atoms with Crippen molar-refractivity contribution in [2.24, 2.45) is 4.99 Å². The van der Waals surface area contributed by atoms with Gasteiger partial charge in [-0.25, -0.2) is 9.79 Å². The van der Waals surface area contributed by atoms with Crippen LogP contribution in [-0.4, -0.2) is 56.0 Å². The topological polar surface area (TPSA) is 117 Å². The first-order valence-corrected chi connectivity index (χ1v) is 5.78. The fourth-order valence-electron chi connectivity index (χ4n) is 1.91. The van der Waals surface area contributed by atoms with Crippen molar-refractivity contribution in [1.82, 2.24) is 9.55 Å². The van der Waals surface area contributed by atoms with E-state index < -0.39 is 36.8 Å². The number of hydrogen-bond donors (Lipinski definition) is 3. The Morgan fingerprint density at radius 1 is 1.53 bits per heavy atom. The Morgan fingerprint density at radius 3 is 2.79 bits per heavy atom. The fraction of sp³-hybridized carbons (Fsp3) is 0.545. The van der Waals surface area contributed by atoms with E-state index in [1.54, 1.807) is 6.92 Å². The van der Waals surface area contributed by atoms with E-state index in [0.29, 0.717) is 0 Å². The maximum absolute atomic E-state index is 11.8. The Morgan fingerprint density at radius 2 is 2.26 bits per heavy atom. The zero-order chi connectivity index (χ0) is 14.0. The van der Waals surface area contributed by atoms with Gasteiger partial charge < -0.3 is 20.1 Å². The molecule has 0 aromatic carbocycles. The molecule has 0 aliphatic carbocycles. The van der Waals surface area contributed by atoms with E-state index in [2.05, 4.69) is 9.98 Å². The van der Waals surface area contributed by atoms with E-state index in [4.69, 9.17) is 9.84 Å². The van der Waals surface area contributed by atoms with Gasteiger partial charge in [-0.05, 0) is 13.0 Å². The maximum Gasteiger partial charge on any atom is 0.351 e. The van der Waals surface area contributed by atoms with Gasteiger partial charge in [-0.2, -0.15) is 4.98 Å². The molecule has 1 aliphatic heterocycles. The molecule has 1 saturated heterocycles. The molecule has 0 radical (unpaired) electrons. The monoisotopic (exact) mass is 269 g/mol. The fourth-order valence-corrected chi connectivity index (χ4v) is 1.91. The van der Waals surface area contributed by atoms with E-state index in [1.807, 2.05) is 0 Å². The molecule has 104 valence electrons. The second-order valence-corrected chi connectivity index (χ2v) is 4.09. The number of hydrogen-bond acceptors (Lipinski definition) is 7. The Hall–Kier alpha value is -1.61. The predicted octanol–water partition coefficient (Wildman–Crippen LogP) is -1.42. The van der Waals surface area contributed by atoms with Gasteiger partial charge in [0.15, 0.2) is 12.0 Å². The molecule has 8 heteroatoms. The van der Waals surface area contributed by atoms with Gasteiger partial charge >= 0.3 is 5.69 Å². The van der Waals surface area contributed by atoms with Crippen LogP contribution >= 0.6 is 0 Å². The van der Waals surface area contributed by atoms with Crippen LogP contribution in [0.4, 0.5) is 5.82 Å². The minimum Gasteiger partial charge on any atom is -0.394 e. The Balaban J connectivity index is 2.30. The van der Waals surface area contributed by atoms with Gasteiger partial charge in [0, 0.05) is 12.4 Å². The second kappa shape index (κ2) is 5.57. The Bertz CT molecular complexity index is 529. The van der Waals surface area contributed by atoms with Gasteiger partial charge in [-0.15, -0.1) is 0 Å². The molecule has 0 amide bonds. The van der Waals surface area contributed by atoms with Gasteiger partial charge in [-0.1, -0.05) is 0 Å². The highest BCUT2D eigenvalue weighted by Gasteiger charge is 2.43. The number of aromatic nitrogens is 2. The van der Waals surface area contributed by atoms with Gasteiger partial charge in [0.05, 0.1) is 6.61 Å². The molecule has 2 heterocycles. The standard InChI is InChI=1S/C11H15N3O5/c1-2-12-7-3-4-14(11(18)13-7)10-9(17)8(16)6(5-15)19-10/h2-4,6,8-10,15-17H,5H2,1H3/t6-,8-,9-,10-/m1/s1. The number of aliphatic hydroxyl groups excluding tert-OH is 3. The van der Waals surface area contributed by atoms with Crippen LogP contribution in [0, 0.1) is 0 Å². The largest absolute Gasteiger partial charge is 0.394 e. The number of aliphatic hydroxyl groups is 3. The SMILES string of the molecule is CC=Nc1ccn([C@@H]2O[C@H](CO)[C@@H](O)[C@H]2O)c(=O)n1. The summed E-state index contributed by atoms with van der Waals surface area (Å²) in [6, 6.07) is 1.48. The molecular formula is C11H15N3O5. The number of rotatable bonds is 3. The van der Waals surface area contributed by atoms with Crippen molar-refractivity contribution in [2.75, 3.05) is 6.61 Å². The molecule has 0 saturated carbocycles. The molecule has 1 fully saturated rings. The van der Waals surface area contributed by atoms with E-state index >= 15 is 0 Å². The lowest BCUT2D eigenvalue weighted by Gasteiger charge is -2.16. The molecule has 1 aromatic rings. The van der Waals surface area contributed by atoms with E-state index in [1.165, 1.54) is 18.5 Å². The molecule has 0 bridgehead atoms. The first-order chi connectivity index (χ1) is 9.08. The van der Waals surface area contributed by atoms with Crippen LogP contribution in [-0.2, 0) is 4.74 Å². The number of nitrogens with zero attached hydrogens (tertiary/aromatic N) is 3. The van der Waals surface area contributed by atoms with Crippen LogP contribution in [0.25, 0.3) is 0 Å². The molecular weight excluding hydrogens is 254 g/mol. The average molecular weight is 269 g/mol. The second-order valence-electron chi connectivity index (χ2n) is 4.09. The minimum absolute atomic E-state index is 0.246. The molecule has 19 heavy (non-hydrogen) atoms. The lowest BCUT2D eigenvalue weighted by Crippen LogP contribution is -2.35. The van der Waals surface area contributed by atoms with Crippen molar-refractivity contribution in [3.05, 3.63) is 22.7 Å². The summed E-state index contributed by atoms with van der Waals surface area (Å²) in [6.07, 6.45) is -1.70. The van der Waals surface area contributed by atoms with Gasteiger partial charge in [-0.3, -0.25) is 4.57 Å². The van der Waals surface area contributed by atoms with Gasteiger partial charge in [0.2, 0.25) is 0 Å². The molecule has 8 nitrogen and oxygen atoms in total. The quantitative estimate of drug-likeness (QED) is 0.580. The molecule has 1 aromatic heterocycles. The molecule has 0 unspecified atom stereocenters. The molecule has 2 rings (SSSR count). The molecule has 4 atom stereocenters. The van der Waals surface area contributed by atoms with Crippen LogP contribution < -0.4 is 5.69 Å². The third kappa shape index (κ3) is 2.56. The van der Waals surface area contributed by atoms with Crippen molar-refractivity contribution in [3.8, 4) is 0 Å². The normalized spacial score (nSPS) is 31.2. The van der Waals surface area contributed by atoms with Gasteiger partial charge in [0.25, 0.3) is 0 Å². The molecule has 1 aliphatic rings. The number of ether oxygens (including phenoxy) is 1. The Labute approximate surface area is 108 Å². The summed E-state index contributed by atoms with van der Waals surface area (Å²) in [6.45, 7) is 1.24. The summed E-state index contributed by atoms with van der Waals surface area (Å²) in [5.74, 6) is 0.246. The van der Waals surface area contributed by atoms with Crippen LogP contribution in [0.3, 0.4) is 0 Å². The first-order valence-electron chi connectivity index (χ1n) is 5.78. The summed E-state index contributed by atoms with van der Waals surface area (Å²) in [5, 5.41) is 28.4. The predicted molar refractivity (Wildman–Crippen MR) is 65.3 cm³/mol. The highest BCUT2D eigenvalue weighted by atomic mass is 16.6. The van der Waals surface area contributed by atoms with Crippen molar-refractivity contribution in [2.45, 2.75) is 31.5 Å². The first kappa shape index (κ1) is 13.8. The summed E-state index contributed by atoms with van der Waals surface area (Å²) in [5.41, 5.74) is -0.655. The van der Waals surface area contributed by atoms with Crippen LogP contribution in [0.1, 0.15) is 13.2 Å². The summed E-state index contributed by atoms with van der Waals surface area (Å²) >= 11 is 0. The zero-order valence-corrected chi connectivity index (χ0v) is 10.2. The maximum atomic E-state index is 11.8. The minimum atomic E-state index is -1.31. The lowest BCUT2D eigenvalue weighted by molar-refractivity contribution is -0.0549. The van der Waals surface area contributed by atoms with Crippen LogP contribution in [0.2, 0.25) is 0 Å².